The fraction of sp³-hybridized carbons (Fsp3) is 0.364. The molecular formula is C11H13NO2. The summed E-state index contributed by atoms with van der Waals surface area (Å²) in [4.78, 5) is 4.24. The van der Waals surface area contributed by atoms with Crippen molar-refractivity contribution >= 4 is 6.21 Å². The highest BCUT2D eigenvalue weighted by Crippen LogP contribution is 2.31. The van der Waals surface area contributed by atoms with E-state index in [-0.39, 0.29) is 0 Å². The van der Waals surface area contributed by atoms with Crippen LogP contribution in [0.2, 0.25) is 0 Å². The van der Waals surface area contributed by atoms with Crippen LogP contribution in [-0.2, 0) is 6.42 Å². The van der Waals surface area contributed by atoms with E-state index in [1.807, 2.05) is 18.3 Å². The predicted molar refractivity (Wildman–Crippen MR) is 55.7 cm³/mol. The molecule has 3 nitrogen and oxygen atoms in total. The molecule has 1 aliphatic rings. The van der Waals surface area contributed by atoms with Crippen LogP contribution in [0.1, 0.15) is 11.1 Å². The summed E-state index contributed by atoms with van der Waals surface area (Å²) in [6.45, 7) is 0.830. The van der Waals surface area contributed by atoms with Crippen molar-refractivity contribution < 1.29 is 9.47 Å². The maximum absolute atomic E-state index is 5.29. The number of rotatable bonds is 2. The molecule has 1 aromatic carbocycles. The normalized spacial score (nSPS) is 13.6. The molecule has 0 saturated carbocycles. The number of methoxy groups -OCH3 is 2. The minimum absolute atomic E-state index is 0.830. The van der Waals surface area contributed by atoms with E-state index in [1.165, 1.54) is 5.56 Å². The lowest BCUT2D eigenvalue weighted by Crippen LogP contribution is -2.07. The van der Waals surface area contributed by atoms with Gasteiger partial charge in [0.25, 0.3) is 0 Å². The number of hydrogen-bond donors (Lipinski definition) is 0. The topological polar surface area (TPSA) is 30.8 Å². The van der Waals surface area contributed by atoms with Gasteiger partial charge in [0, 0.05) is 23.9 Å². The Bertz CT molecular complexity index is 372. The largest absolute Gasteiger partial charge is 0.496 e. The maximum Gasteiger partial charge on any atom is 0.128 e. The highest BCUT2D eigenvalue weighted by atomic mass is 16.5. The van der Waals surface area contributed by atoms with Gasteiger partial charge in [0.15, 0.2) is 0 Å². The number of aliphatic imine (C=N–C) groups is 1. The summed E-state index contributed by atoms with van der Waals surface area (Å²) in [6.07, 6.45) is 2.78. The van der Waals surface area contributed by atoms with E-state index >= 15 is 0 Å². The first-order chi connectivity index (χ1) is 6.86. The molecule has 1 heterocycles. The number of benzene rings is 1. The molecule has 0 bridgehead atoms. The molecule has 0 N–H and O–H groups in total. The fourth-order valence-electron chi connectivity index (χ4n) is 1.72. The number of hydrogen-bond acceptors (Lipinski definition) is 3. The summed E-state index contributed by atoms with van der Waals surface area (Å²) >= 11 is 0. The molecule has 0 amide bonds. The lowest BCUT2D eigenvalue weighted by atomic mass is 10.0. The van der Waals surface area contributed by atoms with Crippen LogP contribution in [0.15, 0.2) is 17.1 Å². The van der Waals surface area contributed by atoms with E-state index in [0.29, 0.717) is 0 Å². The number of ether oxygens (including phenoxy) is 2. The van der Waals surface area contributed by atoms with Crippen LogP contribution in [0.5, 0.6) is 11.5 Å². The molecular weight excluding hydrogens is 178 g/mol. The summed E-state index contributed by atoms with van der Waals surface area (Å²) in [7, 11) is 3.36. The molecule has 0 spiro atoms. The van der Waals surface area contributed by atoms with Gasteiger partial charge in [-0.25, -0.2) is 0 Å². The van der Waals surface area contributed by atoms with Gasteiger partial charge in [-0.2, -0.15) is 0 Å². The van der Waals surface area contributed by atoms with Gasteiger partial charge in [0.1, 0.15) is 11.5 Å². The summed E-state index contributed by atoms with van der Waals surface area (Å²) in [6, 6.07) is 3.85. The second-order valence-corrected chi connectivity index (χ2v) is 3.15. The van der Waals surface area contributed by atoms with E-state index < -0.39 is 0 Å². The van der Waals surface area contributed by atoms with Gasteiger partial charge in [-0.1, -0.05) is 0 Å². The quantitative estimate of drug-likeness (QED) is 0.712. The van der Waals surface area contributed by atoms with Crippen molar-refractivity contribution in [1.82, 2.24) is 0 Å². The molecule has 0 atom stereocenters. The zero-order valence-electron chi connectivity index (χ0n) is 8.41. The van der Waals surface area contributed by atoms with Crippen LogP contribution in [0.4, 0.5) is 0 Å². The van der Waals surface area contributed by atoms with Crippen LogP contribution in [0.25, 0.3) is 0 Å². The van der Waals surface area contributed by atoms with E-state index in [1.54, 1.807) is 14.2 Å². The Morgan fingerprint density at radius 1 is 1.14 bits per heavy atom. The number of fused-ring (bicyclic) bond motifs is 1. The summed E-state index contributed by atoms with van der Waals surface area (Å²) in [5.41, 5.74) is 2.25. The third-order valence-corrected chi connectivity index (χ3v) is 2.43. The van der Waals surface area contributed by atoms with Crippen molar-refractivity contribution in [1.29, 1.82) is 0 Å². The zero-order valence-corrected chi connectivity index (χ0v) is 8.41. The van der Waals surface area contributed by atoms with E-state index in [4.69, 9.17) is 9.47 Å². The maximum atomic E-state index is 5.29. The van der Waals surface area contributed by atoms with Gasteiger partial charge < -0.3 is 9.47 Å². The van der Waals surface area contributed by atoms with Crippen LogP contribution in [-0.4, -0.2) is 27.0 Å². The predicted octanol–water partition coefficient (Wildman–Crippen LogP) is 1.68. The average molecular weight is 191 g/mol. The molecule has 0 saturated heterocycles. The molecule has 3 heteroatoms. The molecule has 0 unspecified atom stereocenters. The van der Waals surface area contributed by atoms with E-state index in [0.717, 1.165) is 30.0 Å². The van der Waals surface area contributed by atoms with Gasteiger partial charge in [-0.3, -0.25) is 4.99 Å². The third kappa shape index (κ3) is 1.35. The Morgan fingerprint density at radius 2 is 1.86 bits per heavy atom. The smallest absolute Gasteiger partial charge is 0.128 e. The molecule has 2 rings (SSSR count). The SMILES string of the molecule is COc1ccc(OC)c2c1C=NCC2. The Labute approximate surface area is 83.4 Å². The van der Waals surface area contributed by atoms with Gasteiger partial charge >= 0.3 is 0 Å². The molecule has 0 aromatic heterocycles. The molecule has 14 heavy (non-hydrogen) atoms. The first-order valence-corrected chi connectivity index (χ1v) is 4.60. The van der Waals surface area contributed by atoms with Crippen LogP contribution < -0.4 is 9.47 Å². The fourth-order valence-corrected chi connectivity index (χ4v) is 1.72. The van der Waals surface area contributed by atoms with Crippen LogP contribution >= 0.6 is 0 Å². The zero-order chi connectivity index (χ0) is 9.97. The molecule has 0 aliphatic carbocycles. The molecule has 0 radical (unpaired) electrons. The van der Waals surface area contributed by atoms with Crippen molar-refractivity contribution in [2.24, 2.45) is 4.99 Å². The van der Waals surface area contributed by atoms with Crippen LogP contribution in [0, 0.1) is 0 Å². The summed E-state index contributed by atoms with van der Waals surface area (Å²) in [5, 5.41) is 0. The highest BCUT2D eigenvalue weighted by molar-refractivity contribution is 5.87. The summed E-state index contributed by atoms with van der Waals surface area (Å²) in [5.74, 6) is 1.79. The van der Waals surface area contributed by atoms with Crippen molar-refractivity contribution in [3.05, 3.63) is 23.3 Å². The molecule has 0 fully saturated rings. The Kier molecular flexibility index (Phi) is 2.39. The van der Waals surface area contributed by atoms with E-state index in [2.05, 4.69) is 4.99 Å². The van der Waals surface area contributed by atoms with Gasteiger partial charge in [0.05, 0.1) is 14.2 Å². The number of nitrogens with zero attached hydrogens (tertiary/aromatic N) is 1. The molecule has 74 valence electrons. The van der Waals surface area contributed by atoms with E-state index in [9.17, 15) is 0 Å². The first kappa shape index (κ1) is 9.06. The lowest BCUT2D eigenvalue weighted by Gasteiger charge is -2.16. The molecule has 1 aromatic rings. The second kappa shape index (κ2) is 3.70. The monoisotopic (exact) mass is 191 g/mol. The third-order valence-electron chi connectivity index (χ3n) is 2.43. The summed E-state index contributed by atoms with van der Waals surface area (Å²) < 4.78 is 10.6. The Hall–Kier alpha value is -1.51. The lowest BCUT2D eigenvalue weighted by molar-refractivity contribution is 0.398. The van der Waals surface area contributed by atoms with Crippen molar-refractivity contribution in [3.63, 3.8) is 0 Å². The molecule has 1 aliphatic heterocycles. The van der Waals surface area contributed by atoms with Gasteiger partial charge in [0.2, 0.25) is 0 Å². The first-order valence-electron chi connectivity index (χ1n) is 4.60. The minimum atomic E-state index is 0.830. The van der Waals surface area contributed by atoms with Gasteiger partial charge in [-0.05, 0) is 18.6 Å². The van der Waals surface area contributed by atoms with Crippen molar-refractivity contribution in [2.45, 2.75) is 6.42 Å². The van der Waals surface area contributed by atoms with Crippen molar-refractivity contribution in [3.8, 4) is 11.5 Å². The average Bonchev–Trinajstić information content (AvgIpc) is 2.27. The Morgan fingerprint density at radius 3 is 2.57 bits per heavy atom. The Balaban J connectivity index is 2.58. The second-order valence-electron chi connectivity index (χ2n) is 3.15. The highest BCUT2D eigenvalue weighted by Gasteiger charge is 2.15. The van der Waals surface area contributed by atoms with Gasteiger partial charge in [-0.15, -0.1) is 0 Å². The minimum Gasteiger partial charge on any atom is -0.496 e. The van der Waals surface area contributed by atoms with Crippen LogP contribution in [0.3, 0.4) is 0 Å². The van der Waals surface area contributed by atoms with Crippen molar-refractivity contribution in [2.75, 3.05) is 20.8 Å². The standard InChI is InChI=1S/C11H13NO2/c1-13-10-3-4-11(14-2)9-7-12-6-5-8(9)10/h3-4,7H,5-6H2,1-2H3.